The molecule has 20 heavy (non-hydrogen) atoms. The molecule has 0 fully saturated rings. The molecule has 0 aliphatic carbocycles. The number of nitrogens with two attached hydrogens (primary N) is 1. The Morgan fingerprint density at radius 3 is 2.50 bits per heavy atom. The number of carbonyl (C=O) groups excluding carboxylic acids is 1. The molecule has 0 aromatic heterocycles. The highest BCUT2D eigenvalue weighted by molar-refractivity contribution is 7.98. The minimum atomic E-state index is -0.955. The maximum absolute atomic E-state index is 11.9. The largest absolute Gasteiger partial charge is 0.481 e. The van der Waals surface area contributed by atoms with Crippen LogP contribution in [0.2, 0.25) is 0 Å². The molecule has 0 aliphatic heterocycles. The Hall–Kier alpha value is -0.750. The van der Waals surface area contributed by atoms with Gasteiger partial charge >= 0.3 is 11.9 Å². The summed E-state index contributed by atoms with van der Waals surface area (Å²) in [6.45, 7) is 3.99. The van der Waals surface area contributed by atoms with Crippen molar-refractivity contribution >= 4 is 23.7 Å². The Labute approximate surface area is 125 Å². The molecular weight excluding hydrogens is 278 g/mol. The van der Waals surface area contributed by atoms with Crippen molar-refractivity contribution in [1.82, 2.24) is 0 Å². The molecular formula is C14H27NO4S. The normalized spacial score (nSPS) is 15.4. The van der Waals surface area contributed by atoms with Crippen molar-refractivity contribution in [1.29, 1.82) is 0 Å². The van der Waals surface area contributed by atoms with Gasteiger partial charge in [-0.2, -0.15) is 11.8 Å². The smallest absolute Gasteiger partial charge is 0.323 e. The molecule has 5 nitrogen and oxygen atoms in total. The fraction of sp³-hybridized carbons (Fsp3) is 0.857. The first-order valence-electron chi connectivity index (χ1n) is 7.09. The van der Waals surface area contributed by atoms with Crippen LogP contribution in [0.1, 0.15) is 46.0 Å². The van der Waals surface area contributed by atoms with Gasteiger partial charge in [-0.1, -0.05) is 26.7 Å². The highest BCUT2D eigenvalue weighted by atomic mass is 32.2. The number of hydrogen-bond acceptors (Lipinski definition) is 5. The van der Waals surface area contributed by atoms with Gasteiger partial charge in [-0.15, -0.1) is 0 Å². The van der Waals surface area contributed by atoms with Crippen LogP contribution in [0, 0.1) is 5.92 Å². The summed E-state index contributed by atoms with van der Waals surface area (Å²) in [5, 5.41) is 8.93. The van der Waals surface area contributed by atoms with E-state index in [0.717, 1.165) is 25.0 Å². The Bertz CT molecular complexity index is 299. The molecule has 6 heteroatoms. The van der Waals surface area contributed by atoms with Gasteiger partial charge < -0.3 is 15.6 Å². The molecule has 0 rings (SSSR count). The third kappa shape index (κ3) is 8.43. The van der Waals surface area contributed by atoms with Crippen molar-refractivity contribution in [3.05, 3.63) is 0 Å². The number of carboxylic acids is 1. The molecule has 118 valence electrons. The van der Waals surface area contributed by atoms with Gasteiger partial charge in [0.05, 0.1) is 6.42 Å². The number of carboxylic acid groups (broad SMARTS) is 1. The van der Waals surface area contributed by atoms with Crippen LogP contribution >= 0.6 is 11.8 Å². The highest BCUT2D eigenvalue weighted by Gasteiger charge is 2.26. The first-order valence-corrected chi connectivity index (χ1v) is 8.48. The average molecular weight is 305 g/mol. The van der Waals surface area contributed by atoms with Crippen molar-refractivity contribution in [3.8, 4) is 0 Å². The van der Waals surface area contributed by atoms with E-state index in [1.807, 2.05) is 13.2 Å². The van der Waals surface area contributed by atoms with Crippen LogP contribution in [-0.4, -0.2) is 41.2 Å². The second kappa shape index (κ2) is 11.0. The summed E-state index contributed by atoms with van der Waals surface area (Å²) in [4.78, 5) is 22.8. The SMILES string of the molecule is CCCC[C@H](C)[C@H](CC(=O)O)OC(=O)[C@@H](N)CCSC. The maximum atomic E-state index is 11.9. The Kier molecular flexibility index (Phi) is 10.6. The van der Waals surface area contributed by atoms with E-state index in [2.05, 4.69) is 6.92 Å². The molecule has 3 N–H and O–H groups in total. The molecule has 0 saturated heterocycles. The van der Waals surface area contributed by atoms with E-state index < -0.39 is 24.1 Å². The molecule has 0 saturated carbocycles. The summed E-state index contributed by atoms with van der Waals surface area (Å²) in [5.74, 6) is -0.633. The fourth-order valence-corrected chi connectivity index (χ4v) is 2.33. The lowest BCUT2D eigenvalue weighted by molar-refractivity contribution is -0.157. The Balaban J connectivity index is 4.46. The van der Waals surface area contributed by atoms with Crippen molar-refractivity contribution < 1.29 is 19.4 Å². The second-order valence-electron chi connectivity index (χ2n) is 5.08. The van der Waals surface area contributed by atoms with Gasteiger partial charge in [-0.25, -0.2) is 0 Å². The summed E-state index contributed by atoms with van der Waals surface area (Å²) in [6.07, 6.45) is 4.61. The monoisotopic (exact) mass is 305 g/mol. The number of rotatable bonds is 11. The quantitative estimate of drug-likeness (QED) is 0.569. The van der Waals surface area contributed by atoms with Gasteiger partial charge in [0.15, 0.2) is 0 Å². The molecule has 0 spiro atoms. The van der Waals surface area contributed by atoms with Gasteiger partial charge in [0.25, 0.3) is 0 Å². The number of hydrogen-bond donors (Lipinski definition) is 2. The summed E-state index contributed by atoms with van der Waals surface area (Å²) < 4.78 is 5.32. The second-order valence-corrected chi connectivity index (χ2v) is 6.07. The number of unbranched alkanes of at least 4 members (excludes halogenated alkanes) is 1. The third-order valence-electron chi connectivity index (χ3n) is 3.23. The van der Waals surface area contributed by atoms with Crippen LogP contribution < -0.4 is 5.73 Å². The molecule has 0 heterocycles. The highest BCUT2D eigenvalue weighted by Crippen LogP contribution is 2.19. The molecule has 0 bridgehead atoms. The van der Waals surface area contributed by atoms with Gasteiger partial charge in [-0.05, 0) is 30.8 Å². The number of esters is 1. The van der Waals surface area contributed by atoms with E-state index in [1.165, 1.54) is 0 Å². The zero-order chi connectivity index (χ0) is 15.5. The van der Waals surface area contributed by atoms with Crippen LogP contribution in [0.3, 0.4) is 0 Å². The van der Waals surface area contributed by atoms with E-state index >= 15 is 0 Å². The fourth-order valence-electron chi connectivity index (χ4n) is 1.84. The third-order valence-corrected chi connectivity index (χ3v) is 3.87. The minimum Gasteiger partial charge on any atom is -0.481 e. The average Bonchev–Trinajstić information content (AvgIpc) is 2.40. The van der Waals surface area contributed by atoms with E-state index in [1.54, 1.807) is 11.8 Å². The summed E-state index contributed by atoms with van der Waals surface area (Å²) in [7, 11) is 0. The first kappa shape index (κ1) is 19.2. The summed E-state index contributed by atoms with van der Waals surface area (Å²) in [5.41, 5.74) is 5.75. The van der Waals surface area contributed by atoms with Gasteiger partial charge in [0, 0.05) is 0 Å². The van der Waals surface area contributed by atoms with E-state index in [-0.39, 0.29) is 12.3 Å². The van der Waals surface area contributed by atoms with Crippen LogP contribution in [-0.2, 0) is 14.3 Å². The van der Waals surface area contributed by atoms with E-state index in [9.17, 15) is 9.59 Å². The predicted octanol–water partition coefficient (Wildman–Crippen LogP) is 2.28. The minimum absolute atomic E-state index is 0.0303. The van der Waals surface area contributed by atoms with Crippen LogP contribution in [0.4, 0.5) is 0 Å². The van der Waals surface area contributed by atoms with Gasteiger partial charge in [0.1, 0.15) is 12.1 Å². The van der Waals surface area contributed by atoms with Crippen LogP contribution in [0.15, 0.2) is 0 Å². The lowest BCUT2D eigenvalue weighted by atomic mass is 9.95. The Morgan fingerprint density at radius 2 is 2.00 bits per heavy atom. The standard InChI is InChI=1S/C14H27NO4S/c1-4-5-6-10(2)12(9-13(16)17)19-14(18)11(15)7-8-20-3/h10-12H,4-9,15H2,1-3H3,(H,16,17)/t10-,11-,12-/m0/s1. The zero-order valence-corrected chi connectivity index (χ0v) is 13.4. The van der Waals surface area contributed by atoms with Crippen molar-refractivity contribution in [2.75, 3.05) is 12.0 Å². The number of aliphatic carboxylic acids is 1. The zero-order valence-electron chi connectivity index (χ0n) is 12.6. The van der Waals surface area contributed by atoms with Crippen molar-refractivity contribution in [2.45, 2.75) is 58.1 Å². The number of carbonyl (C=O) groups is 2. The molecule has 0 aliphatic rings. The lowest BCUT2D eigenvalue weighted by Crippen LogP contribution is -2.38. The van der Waals surface area contributed by atoms with Crippen LogP contribution in [0.25, 0.3) is 0 Å². The first-order chi connectivity index (χ1) is 9.42. The Morgan fingerprint density at radius 1 is 1.35 bits per heavy atom. The van der Waals surface area contributed by atoms with Crippen molar-refractivity contribution in [2.24, 2.45) is 11.7 Å². The topological polar surface area (TPSA) is 89.6 Å². The summed E-state index contributed by atoms with van der Waals surface area (Å²) in [6, 6.07) is -0.669. The molecule has 3 atom stereocenters. The molecule has 0 aromatic carbocycles. The predicted molar refractivity (Wildman–Crippen MR) is 81.8 cm³/mol. The maximum Gasteiger partial charge on any atom is 0.323 e. The lowest BCUT2D eigenvalue weighted by Gasteiger charge is -2.24. The van der Waals surface area contributed by atoms with Crippen LogP contribution in [0.5, 0.6) is 0 Å². The number of ether oxygens (including phenoxy) is 1. The number of thioether (sulfide) groups is 1. The molecule has 0 amide bonds. The van der Waals surface area contributed by atoms with Gasteiger partial charge in [-0.3, -0.25) is 9.59 Å². The van der Waals surface area contributed by atoms with Crippen molar-refractivity contribution in [3.63, 3.8) is 0 Å². The molecule has 0 radical (unpaired) electrons. The molecule has 0 unspecified atom stereocenters. The van der Waals surface area contributed by atoms with E-state index in [4.69, 9.17) is 15.6 Å². The summed E-state index contributed by atoms with van der Waals surface area (Å²) >= 11 is 1.61. The van der Waals surface area contributed by atoms with Gasteiger partial charge in [0.2, 0.25) is 0 Å². The molecule has 0 aromatic rings. The van der Waals surface area contributed by atoms with E-state index in [0.29, 0.717) is 6.42 Å².